The molecule has 1 aromatic heterocycles. The number of rotatable bonds is 1. The van der Waals surface area contributed by atoms with E-state index in [1.54, 1.807) is 11.1 Å². The standard InChI is InChI=1S/C12H14N4O3/c17-11-10-8(4-13-7-14-10)5-16(11)9-2-1-3-15(6-9)12(18)19/h4,7,9H,1-3,5-6H2,(H,18,19). The molecule has 7 heteroatoms. The second-order valence-electron chi connectivity index (χ2n) is 4.85. The Hall–Kier alpha value is -2.18. The molecule has 19 heavy (non-hydrogen) atoms. The number of likely N-dealkylation sites (tertiary alicyclic amines) is 1. The number of carbonyl (C=O) groups excluding carboxylic acids is 1. The summed E-state index contributed by atoms with van der Waals surface area (Å²) in [5.41, 5.74) is 1.27. The quantitative estimate of drug-likeness (QED) is 0.799. The molecule has 0 bridgehead atoms. The lowest BCUT2D eigenvalue weighted by Gasteiger charge is -2.36. The number of piperidine rings is 1. The molecule has 0 aromatic carbocycles. The van der Waals surface area contributed by atoms with Crippen LogP contribution in [0.4, 0.5) is 4.79 Å². The molecule has 2 aliphatic rings. The largest absolute Gasteiger partial charge is 0.465 e. The number of hydrogen-bond acceptors (Lipinski definition) is 4. The van der Waals surface area contributed by atoms with Crippen LogP contribution in [0.5, 0.6) is 0 Å². The second-order valence-corrected chi connectivity index (χ2v) is 4.85. The zero-order valence-electron chi connectivity index (χ0n) is 10.3. The third-order valence-electron chi connectivity index (χ3n) is 3.70. The highest BCUT2D eigenvalue weighted by Gasteiger charge is 2.36. The van der Waals surface area contributed by atoms with Crippen LogP contribution in [0.1, 0.15) is 28.9 Å². The number of fused-ring (bicyclic) bond motifs is 1. The van der Waals surface area contributed by atoms with Gasteiger partial charge < -0.3 is 14.9 Å². The van der Waals surface area contributed by atoms with Crippen LogP contribution in [0.2, 0.25) is 0 Å². The summed E-state index contributed by atoms with van der Waals surface area (Å²) in [6.45, 7) is 1.40. The third kappa shape index (κ3) is 2.00. The van der Waals surface area contributed by atoms with Gasteiger partial charge in [-0.1, -0.05) is 0 Å². The van der Waals surface area contributed by atoms with Gasteiger partial charge in [-0.15, -0.1) is 0 Å². The van der Waals surface area contributed by atoms with Gasteiger partial charge in [0.05, 0.1) is 12.6 Å². The Morgan fingerprint density at radius 1 is 1.47 bits per heavy atom. The highest BCUT2D eigenvalue weighted by molar-refractivity contribution is 5.96. The first-order chi connectivity index (χ1) is 9.16. The van der Waals surface area contributed by atoms with Gasteiger partial charge in [0.1, 0.15) is 12.0 Å². The van der Waals surface area contributed by atoms with Crippen molar-refractivity contribution >= 4 is 12.0 Å². The van der Waals surface area contributed by atoms with Crippen molar-refractivity contribution in [2.75, 3.05) is 13.1 Å². The molecular weight excluding hydrogens is 248 g/mol. The van der Waals surface area contributed by atoms with E-state index in [-0.39, 0.29) is 11.9 Å². The average Bonchev–Trinajstić information content (AvgIpc) is 2.77. The molecule has 1 unspecified atom stereocenters. The van der Waals surface area contributed by atoms with Crippen LogP contribution in [0.3, 0.4) is 0 Å². The van der Waals surface area contributed by atoms with E-state index < -0.39 is 6.09 Å². The normalized spacial score (nSPS) is 22.5. The van der Waals surface area contributed by atoms with Crippen molar-refractivity contribution in [2.24, 2.45) is 0 Å². The Labute approximate surface area is 109 Å². The first-order valence-corrected chi connectivity index (χ1v) is 6.24. The number of hydrogen-bond donors (Lipinski definition) is 1. The first kappa shape index (κ1) is 11.9. The summed E-state index contributed by atoms with van der Waals surface area (Å²) in [5, 5.41) is 9.04. The Morgan fingerprint density at radius 3 is 3.05 bits per heavy atom. The average molecular weight is 262 g/mol. The molecular formula is C12H14N4O3. The van der Waals surface area contributed by atoms with Gasteiger partial charge >= 0.3 is 6.09 Å². The maximum Gasteiger partial charge on any atom is 0.407 e. The molecule has 2 aliphatic heterocycles. The van der Waals surface area contributed by atoms with Crippen molar-refractivity contribution in [1.29, 1.82) is 0 Å². The second kappa shape index (κ2) is 4.49. The van der Waals surface area contributed by atoms with Crippen LogP contribution in [0.25, 0.3) is 0 Å². The maximum atomic E-state index is 12.2. The highest BCUT2D eigenvalue weighted by atomic mass is 16.4. The summed E-state index contributed by atoms with van der Waals surface area (Å²) in [4.78, 5) is 34.3. The monoisotopic (exact) mass is 262 g/mol. The third-order valence-corrected chi connectivity index (χ3v) is 3.70. The Kier molecular flexibility index (Phi) is 2.81. The lowest BCUT2D eigenvalue weighted by molar-refractivity contribution is 0.0556. The predicted molar refractivity (Wildman–Crippen MR) is 64.5 cm³/mol. The van der Waals surface area contributed by atoms with E-state index in [4.69, 9.17) is 5.11 Å². The molecule has 2 amide bonds. The topological polar surface area (TPSA) is 86.6 Å². The number of carboxylic acid groups (broad SMARTS) is 1. The SMILES string of the molecule is O=C(O)N1CCCC(N2Cc3cncnc3C2=O)C1. The lowest BCUT2D eigenvalue weighted by Crippen LogP contribution is -2.49. The molecule has 0 radical (unpaired) electrons. The maximum absolute atomic E-state index is 12.2. The molecule has 1 fully saturated rings. The molecule has 1 aromatic rings. The van der Waals surface area contributed by atoms with Crippen LogP contribution in [-0.4, -0.2) is 56.0 Å². The van der Waals surface area contributed by atoms with Gasteiger partial charge in [-0.25, -0.2) is 14.8 Å². The lowest BCUT2D eigenvalue weighted by atomic mass is 10.0. The molecule has 0 saturated carbocycles. The zero-order chi connectivity index (χ0) is 13.4. The number of carbonyl (C=O) groups is 2. The van der Waals surface area contributed by atoms with Crippen LogP contribution >= 0.6 is 0 Å². The fourth-order valence-corrected chi connectivity index (χ4v) is 2.74. The van der Waals surface area contributed by atoms with Gasteiger partial charge in [0.2, 0.25) is 0 Å². The molecule has 1 N–H and O–H groups in total. The fraction of sp³-hybridized carbons (Fsp3) is 0.500. The first-order valence-electron chi connectivity index (χ1n) is 6.24. The minimum absolute atomic E-state index is 0.0634. The van der Waals surface area contributed by atoms with E-state index in [0.717, 1.165) is 18.4 Å². The Morgan fingerprint density at radius 2 is 2.32 bits per heavy atom. The molecule has 1 atom stereocenters. The molecule has 0 spiro atoms. The van der Waals surface area contributed by atoms with E-state index in [9.17, 15) is 9.59 Å². The zero-order valence-corrected chi connectivity index (χ0v) is 10.3. The number of aromatic nitrogens is 2. The molecule has 100 valence electrons. The minimum atomic E-state index is -0.923. The van der Waals surface area contributed by atoms with Gasteiger partial charge in [0.15, 0.2) is 0 Å². The molecule has 0 aliphatic carbocycles. The Balaban J connectivity index is 1.78. The van der Waals surface area contributed by atoms with Crippen molar-refractivity contribution in [1.82, 2.24) is 19.8 Å². The Bertz CT molecular complexity index is 533. The van der Waals surface area contributed by atoms with Gasteiger partial charge in [-0.3, -0.25) is 4.79 Å². The minimum Gasteiger partial charge on any atom is -0.465 e. The molecule has 3 heterocycles. The van der Waals surface area contributed by atoms with Crippen molar-refractivity contribution < 1.29 is 14.7 Å². The van der Waals surface area contributed by atoms with Gasteiger partial charge in [0.25, 0.3) is 5.91 Å². The molecule has 3 rings (SSSR count). The van der Waals surface area contributed by atoms with E-state index in [0.29, 0.717) is 25.3 Å². The van der Waals surface area contributed by atoms with Gasteiger partial charge in [-0.05, 0) is 12.8 Å². The van der Waals surface area contributed by atoms with Crippen LogP contribution < -0.4 is 0 Å². The van der Waals surface area contributed by atoms with Crippen LogP contribution in [0, 0.1) is 0 Å². The predicted octanol–water partition coefficient (Wildman–Crippen LogP) is 0.575. The fourth-order valence-electron chi connectivity index (χ4n) is 2.74. The summed E-state index contributed by atoms with van der Waals surface area (Å²) in [7, 11) is 0. The van der Waals surface area contributed by atoms with E-state index in [1.165, 1.54) is 11.2 Å². The summed E-state index contributed by atoms with van der Waals surface area (Å²) < 4.78 is 0. The van der Waals surface area contributed by atoms with Crippen molar-refractivity contribution in [3.05, 3.63) is 23.8 Å². The summed E-state index contributed by atoms with van der Waals surface area (Å²) >= 11 is 0. The number of nitrogens with zero attached hydrogens (tertiary/aromatic N) is 4. The highest BCUT2D eigenvalue weighted by Crippen LogP contribution is 2.26. The van der Waals surface area contributed by atoms with Crippen LogP contribution in [-0.2, 0) is 6.54 Å². The van der Waals surface area contributed by atoms with Gasteiger partial charge in [0, 0.05) is 24.8 Å². The van der Waals surface area contributed by atoms with E-state index in [1.807, 2.05) is 0 Å². The molecule has 1 saturated heterocycles. The van der Waals surface area contributed by atoms with Crippen molar-refractivity contribution in [3.63, 3.8) is 0 Å². The summed E-state index contributed by atoms with van der Waals surface area (Å²) in [5.74, 6) is -0.116. The smallest absolute Gasteiger partial charge is 0.407 e. The molecule has 7 nitrogen and oxygen atoms in total. The van der Waals surface area contributed by atoms with E-state index >= 15 is 0 Å². The van der Waals surface area contributed by atoms with Crippen LogP contribution in [0.15, 0.2) is 12.5 Å². The van der Waals surface area contributed by atoms with Crippen molar-refractivity contribution in [2.45, 2.75) is 25.4 Å². The van der Waals surface area contributed by atoms with E-state index in [2.05, 4.69) is 9.97 Å². The summed E-state index contributed by atoms with van der Waals surface area (Å²) in [6.07, 6.45) is 3.70. The van der Waals surface area contributed by atoms with Gasteiger partial charge in [-0.2, -0.15) is 0 Å². The number of amides is 2. The van der Waals surface area contributed by atoms with Crippen molar-refractivity contribution in [3.8, 4) is 0 Å². The summed E-state index contributed by atoms with van der Waals surface area (Å²) in [6, 6.07) is -0.0634.